The average molecular weight is 2140 g/mol. The molecule has 9 aromatic heterocycles. The number of hydrogen-bond acceptors (Lipinski definition) is 39. The van der Waals surface area contributed by atoms with E-state index >= 15 is 8.78 Å². The second kappa shape index (κ2) is 47.3. The van der Waals surface area contributed by atoms with Gasteiger partial charge in [-0.05, 0) is 71.1 Å². The van der Waals surface area contributed by atoms with Crippen molar-refractivity contribution in [3.8, 4) is 0 Å². The lowest BCUT2D eigenvalue weighted by molar-refractivity contribution is -0.378. The van der Waals surface area contributed by atoms with E-state index in [0.717, 1.165) is 19.0 Å². The molecule has 0 aliphatic carbocycles. The predicted octanol–water partition coefficient (Wildman–Crippen LogP) is 8.91. The number of H-pyrrole nitrogens is 3. The van der Waals surface area contributed by atoms with Crippen LogP contribution in [0.4, 0.5) is 32.3 Å². The summed E-state index contributed by atoms with van der Waals surface area (Å²) in [6.07, 6.45) is -11.3. The summed E-state index contributed by atoms with van der Waals surface area (Å²) in [6, 6.07) is 26.9. The number of thiol groups is 2. The van der Waals surface area contributed by atoms with Crippen LogP contribution in [0.1, 0.15) is 83.7 Å². The number of alkyl halides is 2. The standard InChI is InChI=1S/C34H35FN14O11P2S2.C34H34FN14O11P2S.C7H6OS2.C5H5N/c1-16(2)29(50)44-34-43-28-23(31(52)45-34)41-15-49(28)32-24-20(35)18(57-32)11-55-61(53,63)59-25-21(46-47-36)19(12-56-62(64,60-24)54-10-9-37-3)58-33(25)48-14-40-22-26(38-13-39-27(22)48)42-30(51)17-7-5-4-6-8-17;1-16(2)29(50)44-34-43-28-23(31(52)45-34)41-15-49(28)32-24-20(35)18(57-32)11-54-61(53)59-25-21(46-47-36)19(12-56-62(63,60-24)55-10-9-37-3)58-33(25)48-14-40-22-26(38-13-39-27(22)48)42-30(51)17-7-5-4-6-8-17;8-7(10)5-3-1-2-4-6(5)9;1-2-4-6-5-3-1/h4-8,13-16,18-21,24-25,32-33H,9-12H2,1-2H3,(H,53,63)(H,38,39,42,51)(H2,43,44,45,50,52);4-8,13-16,18-21,24-25,32-33H,9-12H2,1-2H3,(H,38,39,42,51)(H2,43,44,45,50,52);1-4,9H,(H,8,10);1-5H/q;-1;;/t2*18-,19-,20-,21-,24-,25-,32-,33-,61?,62?;;/m11../s1. The van der Waals surface area contributed by atoms with Gasteiger partial charge < -0.3 is 85.2 Å². The number of anilines is 4. The van der Waals surface area contributed by atoms with E-state index in [4.69, 9.17) is 113 Å². The highest BCUT2D eigenvalue weighted by atomic mass is 32.5. The molecule has 7 N–H and O–H groups in total. The van der Waals surface area contributed by atoms with Gasteiger partial charge in [-0.2, -0.15) is 9.97 Å². The number of halogens is 2. The lowest BCUT2D eigenvalue weighted by Crippen LogP contribution is -2.37. The molecule has 8 bridgehead atoms. The molecule has 52 nitrogen and oxygen atoms in total. The fraction of sp³-hybridized carbons (Fsp3) is 0.375. The van der Waals surface area contributed by atoms with E-state index in [9.17, 15) is 54.4 Å². The van der Waals surface area contributed by atoms with Crippen LogP contribution in [0.3, 0.4) is 0 Å². The molecule has 0 saturated carbocycles. The first-order valence-corrected chi connectivity index (χ1v) is 52.2. The monoisotopic (exact) mass is 2140 g/mol. The van der Waals surface area contributed by atoms with Gasteiger partial charge in [0.2, 0.25) is 41.9 Å². The van der Waals surface area contributed by atoms with Crippen LogP contribution >= 0.6 is 54.0 Å². The van der Waals surface area contributed by atoms with Crippen molar-refractivity contribution in [3.63, 3.8) is 0 Å². The zero-order valence-electron chi connectivity index (χ0n) is 74.4. The number of imidazole rings is 4. The summed E-state index contributed by atoms with van der Waals surface area (Å²) in [5, 5.41) is 17.9. The number of nitrogens with zero attached hydrogens (tertiary/aromatic N) is 22. The van der Waals surface area contributed by atoms with Crippen molar-refractivity contribution in [2.45, 2.75) is 131 Å². The third-order valence-corrected chi connectivity index (χ3v) is 29.1. The van der Waals surface area contributed by atoms with Crippen LogP contribution in [0.25, 0.3) is 75.2 Å². The molecule has 143 heavy (non-hydrogen) atoms. The van der Waals surface area contributed by atoms with Gasteiger partial charge in [0.25, 0.3) is 22.9 Å². The minimum absolute atomic E-state index is 0.0309. The van der Waals surface area contributed by atoms with Gasteiger partial charge in [-0.3, -0.25) is 81.5 Å². The van der Waals surface area contributed by atoms with E-state index in [1.165, 1.54) is 37.3 Å². The Kier molecular flexibility index (Phi) is 34.8. The van der Waals surface area contributed by atoms with Crippen molar-refractivity contribution in [1.29, 1.82) is 0 Å². The fourth-order valence-corrected chi connectivity index (χ4v) is 21.4. The van der Waals surface area contributed by atoms with E-state index in [2.05, 4.69) is 141 Å². The van der Waals surface area contributed by atoms with Crippen molar-refractivity contribution in [1.82, 2.24) is 78.1 Å². The molecular formula is C80H80F2N29O23P4S5-. The minimum atomic E-state index is -4.70. The number of amides is 4. The number of rotatable bonds is 21. The van der Waals surface area contributed by atoms with Gasteiger partial charge in [-0.25, -0.2) is 66.8 Å². The number of azide groups is 2. The molecule has 20 atom stereocenters. The zero-order valence-corrected chi connectivity index (χ0v) is 82.2. The largest absolute Gasteiger partial charge is 0.786 e. The van der Waals surface area contributed by atoms with Gasteiger partial charge >= 0.3 is 13.4 Å². The Balaban J connectivity index is 0.000000186. The third-order valence-electron chi connectivity index (χ3n) is 21.4. The molecule has 6 aliphatic rings. The summed E-state index contributed by atoms with van der Waals surface area (Å²) in [7, 11) is -3.17. The average Bonchev–Trinajstić information content (AvgIpc) is 1.61. The van der Waals surface area contributed by atoms with Gasteiger partial charge in [0.1, 0.15) is 69.2 Å². The first-order chi connectivity index (χ1) is 68.8. The van der Waals surface area contributed by atoms with Crippen LogP contribution in [0.2, 0.25) is 0 Å². The highest BCUT2D eigenvalue weighted by molar-refractivity contribution is 8.08. The molecule has 18 rings (SSSR count). The lowest BCUT2D eigenvalue weighted by Gasteiger charge is -2.34. The number of benzene rings is 3. The van der Waals surface area contributed by atoms with Crippen molar-refractivity contribution < 1.29 is 112 Å². The van der Waals surface area contributed by atoms with Crippen LogP contribution in [-0.4, -0.2) is 233 Å². The topological polar surface area (TPSA) is 644 Å². The Morgan fingerprint density at radius 3 is 1.38 bits per heavy atom. The number of ether oxygens (including phenoxy) is 4. The highest BCUT2D eigenvalue weighted by Crippen LogP contribution is 2.59. The summed E-state index contributed by atoms with van der Waals surface area (Å²) in [4.78, 5) is 179. The van der Waals surface area contributed by atoms with Crippen molar-refractivity contribution in [2.24, 2.45) is 22.1 Å². The Morgan fingerprint density at radius 1 is 0.559 bits per heavy atom. The van der Waals surface area contributed by atoms with Crippen molar-refractivity contribution >= 4 is 186 Å². The Morgan fingerprint density at radius 2 is 0.965 bits per heavy atom. The predicted molar refractivity (Wildman–Crippen MR) is 512 cm³/mol. The van der Waals surface area contributed by atoms with E-state index < -0.39 is 200 Å². The van der Waals surface area contributed by atoms with Crippen molar-refractivity contribution in [2.75, 3.05) is 74.0 Å². The quantitative estimate of drug-likeness (QED) is 0.00632. The summed E-state index contributed by atoms with van der Waals surface area (Å²) < 4.78 is 123. The molecule has 6 aliphatic heterocycles. The number of carbonyl (C=O) groups is 5. The molecule has 0 spiro atoms. The van der Waals surface area contributed by atoms with Crippen LogP contribution < -0.4 is 47.2 Å². The van der Waals surface area contributed by atoms with Crippen LogP contribution in [0, 0.1) is 25.0 Å². The highest BCUT2D eigenvalue weighted by Gasteiger charge is 2.56. The maximum Gasteiger partial charge on any atom is 0.328 e. The number of aromatic nitrogens is 17. The van der Waals surface area contributed by atoms with E-state index in [1.807, 2.05) is 36.7 Å². The maximum absolute atomic E-state index is 16.8. The van der Waals surface area contributed by atoms with Gasteiger partial charge in [0, 0.05) is 55.4 Å². The minimum Gasteiger partial charge on any atom is -0.786 e. The summed E-state index contributed by atoms with van der Waals surface area (Å²) in [5.74, 6) is -3.21. The number of hydrogen-bond donors (Lipinski definition) is 8. The van der Waals surface area contributed by atoms with E-state index in [0.29, 0.717) is 21.6 Å². The molecular weight excluding hydrogens is 2060 g/mol. The summed E-state index contributed by atoms with van der Waals surface area (Å²) in [6.45, 7) is 4.31. The van der Waals surface area contributed by atoms with Crippen LogP contribution in [0.15, 0.2) is 178 Å². The zero-order chi connectivity index (χ0) is 102. The molecule has 4 amide bonds. The number of fused-ring (bicyclic) bond motifs is 12. The molecule has 3 aromatic carbocycles. The molecule has 0 radical (unpaired) electrons. The third kappa shape index (κ3) is 24.8. The first-order valence-electron chi connectivity index (χ1n) is 42.5. The molecule has 6 saturated heterocycles. The molecule has 4 unspecified atom stereocenters. The normalized spacial score (nSPS) is 26.8. The second-order valence-corrected chi connectivity index (χ2v) is 41.8. The number of carbonyl (C=O) groups excluding carboxylic acids is 5. The van der Waals surface area contributed by atoms with Gasteiger partial charge in [0.05, 0.1) is 84.6 Å². The van der Waals surface area contributed by atoms with Crippen LogP contribution in [0.5, 0.6) is 0 Å². The Bertz CT molecular complexity index is 7130. The SMILES string of the molecule is O=C(S)c1ccccc1S.[C-]#[N+]CCOP1(=S)OC[C@H]2O[C@@H](n3cnc4c(NC(=O)c5ccccc5)ncnc43)[C@H](OP([O-])(=S)OC[C@H]3O[C@@H](n4cnc5c(=O)[nH]c(NC(=O)C(C)C)nc54)[C@H](O1)[C@@H]3F)[C@@H]2N=[N+]=[N-].[C-]#[N+]CCOP1(=S)OC[C@H]2O[C@@H](n3cnc4c(NC(=O)c5ccccc5)ncnc43)[C@H](OP([O-])OC[C@H]3O[C@@H](n4cnc5c(=O)[nH]c(NC(=O)C(C)C)nc54)[C@H](O1)[C@@H]3F)[C@@H]2N=[N+]=[N-].c1cc[nH+]cc1. The maximum atomic E-state index is 16.8. The van der Waals surface area contributed by atoms with Crippen LogP contribution in [-0.2, 0) is 109 Å². The fourth-order valence-electron chi connectivity index (χ4n) is 14.6. The molecule has 6 fully saturated rings. The number of nitrogens with one attached hydrogen (secondary N) is 7. The molecule has 63 heteroatoms. The summed E-state index contributed by atoms with van der Waals surface area (Å²) >= 11 is 24.6. The summed E-state index contributed by atoms with van der Waals surface area (Å²) in [5.41, 5.74) is 18.9. The van der Waals surface area contributed by atoms with Gasteiger partial charge in [0.15, 0.2) is 106 Å². The van der Waals surface area contributed by atoms with E-state index in [-0.39, 0.29) is 99.6 Å². The molecule has 748 valence electrons. The first kappa shape index (κ1) is 105. The smallest absolute Gasteiger partial charge is 0.328 e. The van der Waals surface area contributed by atoms with Crippen molar-refractivity contribution in [3.05, 3.63) is 235 Å². The Hall–Kier alpha value is -11.9. The Labute approximate surface area is 832 Å². The van der Waals surface area contributed by atoms with Gasteiger partial charge in [-0.15, -0.1) is 25.3 Å². The lowest BCUT2D eigenvalue weighted by atomic mass is 10.1. The second-order valence-electron chi connectivity index (χ2n) is 31.4. The van der Waals surface area contributed by atoms with E-state index in [1.54, 1.807) is 107 Å². The number of aromatic amines is 3. The molecule has 12 aromatic rings. The number of pyridine rings is 1. The van der Waals surface area contributed by atoms with Gasteiger partial charge in [-0.1, -0.05) is 104 Å². The molecule has 15 heterocycles.